The van der Waals surface area contributed by atoms with Gasteiger partial charge in [-0.2, -0.15) is 0 Å². The molecule has 0 aliphatic rings. The molecule has 8 aromatic carbocycles. The summed E-state index contributed by atoms with van der Waals surface area (Å²) in [6.45, 7) is 0. The van der Waals surface area contributed by atoms with E-state index in [2.05, 4.69) is 204 Å². The summed E-state index contributed by atoms with van der Waals surface area (Å²) in [4.78, 5) is 2.33. The van der Waals surface area contributed by atoms with Gasteiger partial charge in [-0.3, -0.25) is 0 Å². The summed E-state index contributed by atoms with van der Waals surface area (Å²) in [6, 6.07) is 69.8. The number of anilines is 3. The Labute approximate surface area is 280 Å². The number of aromatic nitrogens is 1. The summed E-state index contributed by atoms with van der Waals surface area (Å²) in [6.07, 6.45) is 0. The molecule has 0 unspecified atom stereocenters. The lowest BCUT2D eigenvalue weighted by Crippen LogP contribution is -2.09. The molecule has 0 spiro atoms. The lowest BCUT2D eigenvalue weighted by molar-refractivity contribution is 1.18. The highest BCUT2D eigenvalue weighted by Crippen LogP contribution is 2.38. The van der Waals surface area contributed by atoms with Crippen molar-refractivity contribution in [1.82, 2.24) is 4.57 Å². The molecule has 1 aromatic heterocycles. The number of para-hydroxylation sites is 3. The van der Waals surface area contributed by atoms with Crippen molar-refractivity contribution in [2.45, 2.75) is 0 Å². The second kappa shape index (κ2) is 11.8. The molecule has 0 aliphatic heterocycles. The molecular weight excluding hydrogens is 581 g/mol. The Bertz CT molecular complexity index is 2480. The molecule has 2 heteroatoms. The summed E-state index contributed by atoms with van der Waals surface area (Å²) in [5, 5.41) is 4.98. The third-order valence-electron chi connectivity index (χ3n) is 9.37. The van der Waals surface area contributed by atoms with Crippen molar-refractivity contribution in [3.05, 3.63) is 194 Å². The van der Waals surface area contributed by atoms with E-state index in [1.807, 2.05) is 0 Å². The van der Waals surface area contributed by atoms with Gasteiger partial charge >= 0.3 is 0 Å². The molecule has 0 fully saturated rings. The minimum Gasteiger partial charge on any atom is -0.310 e. The van der Waals surface area contributed by atoms with Gasteiger partial charge in [0.25, 0.3) is 0 Å². The summed E-state index contributed by atoms with van der Waals surface area (Å²) in [5.41, 5.74) is 11.8. The molecule has 0 saturated heterocycles. The van der Waals surface area contributed by atoms with E-state index < -0.39 is 0 Å². The molecule has 9 aromatic rings. The predicted molar refractivity (Wildman–Crippen MR) is 204 cm³/mol. The van der Waals surface area contributed by atoms with Crippen molar-refractivity contribution in [3.8, 4) is 27.9 Å². The highest BCUT2D eigenvalue weighted by molar-refractivity contribution is 6.09. The van der Waals surface area contributed by atoms with Crippen LogP contribution in [0.2, 0.25) is 0 Å². The third-order valence-corrected chi connectivity index (χ3v) is 9.37. The zero-order chi connectivity index (χ0) is 31.9. The van der Waals surface area contributed by atoms with Gasteiger partial charge in [-0.25, -0.2) is 0 Å². The van der Waals surface area contributed by atoms with E-state index in [1.54, 1.807) is 0 Å². The van der Waals surface area contributed by atoms with Crippen LogP contribution in [0.1, 0.15) is 0 Å². The molecule has 226 valence electrons. The average Bonchev–Trinajstić information content (AvgIpc) is 3.50. The van der Waals surface area contributed by atoms with E-state index in [4.69, 9.17) is 0 Å². The van der Waals surface area contributed by atoms with Crippen LogP contribution in [0.15, 0.2) is 194 Å². The first-order chi connectivity index (χ1) is 23.8. The smallest absolute Gasteiger partial charge is 0.0541 e. The molecule has 9 rings (SSSR count). The van der Waals surface area contributed by atoms with E-state index in [-0.39, 0.29) is 0 Å². The maximum absolute atomic E-state index is 2.37. The largest absolute Gasteiger partial charge is 0.310 e. The maximum Gasteiger partial charge on any atom is 0.0541 e. The van der Waals surface area contributed by atoms with E-state index in [9.17, 15) is 0 Å². The van der Waals surface area contributed by atoms with Crippen molar-refractivity contribution >= 4 is 49.6 Å². The number of benzene rings is 8. The zero-order valence-electron chi connectivity index (χ0n) is 26.4. The van der Waals surface area contributed by atoms with Crippen LogP contribution in [0, 0.1) is 0 Å². The standard InChI is InChI=1S/C46H32N2/c1-3-11-33(12-4-1)34-21-26-40(27-22-34)47(39-13-5-2-6-14-39)42-30-25-37-31-36(19-20-38(37)32-42)35-23-28-41(29-24-35)48-45-17-9-7-15-43(45)44-16-8-10-18-46(44)48/h1-32H. The Morgan fingerprint density at radius 2 is 0.771 bits per heavy atom. The summed E-state index contributed by atoms with van der Waals surface area (Å²) >= 11 is 0. The molecule has 0 bridgehead atoms. The predicted octanol–water partition coefficient (Wildman–Crippen LogP) is 12.7. The van der Waals surface area contributed by atoms with Crippen LogP contribution < -0.4 is 4.90 Å². The van der Waals surface area contributed by atoms with Gasteiger partial charge in [-0.05, 0) is 99.8 Å². The number of rotatable bonds is 6. The topological polar surface area (TPSA) is 8.17 Å². The first-order valence-electron chi connectivity index (χ1n) is 16.4. The molecule has 0 amide bonds. The summed E-state index contributed by atoms with van der Waals surface area (Å²) in [7, 11) is 0. The van der Waals surface area contributed by atoms with E-state index >= 15 is 0 Å². The lowest BCUT2D eigenvalue weighted by Gasteiger charge is -2.26. The van der Waals surface area contributed by atoms with Crippen LogP contribution >= 0.6 is 0 Å². The average molecular weight is 613 g/mol. The van der Waals surface area contributed by atoms with Crippen molar-refractivity contribution in [2.75, 3.05) is 4.90 Å². The lowest BCUT2D eigenvalue weighted by atomic mass is 10.00. The van der Waals surface area contributed by atoms with E-state index in [1.165, 1.54) is 60.5 Å². The fourth-order valence-corrected chi connectivity index (χ4v) is 7.01. The fourth-order valence-electron chi connectivity index (χ4n) is 7.01. The van der Waals surface area contributed by atoms with Gasteiger partial charge in [-0.1, -0.05) is 127 Å². The van der Waals surface area contributed by atoms with Gasteiger partial charge in [0.1, 0.15) is 0 Å². The first-order valence-corrected chi connectivity index (χ1v) is 16.4. The number of hydrogen-bond acceptors (Lipinski definition) is 1. The highest BCUT2D eigenvalue weighted by atomic mass is 15.1. The minimum atomic E-state index is 1.13. The van der Waals surface area contributed by atoms with Crippen molar-refractivity contribution < 1.29 is 0 Å². The normalized spacial score (nSPS) is 11.3. The third kappa shape index (κ3) is 4.92. The molecule has 1 heterocycles. The maximum atomic E-state index is 2.37. The van der Waals surface area contributed by atoms with Crippen LogP contribution in [-0.2, 0) is 0 Å². The first kappa shape index (κ1) is 27.9. The Balaban J connectivity index is 1.05. The quantitative estimate of drug-likeness (QED) is 0.181. The number of nitrogens with zero attached hydrogens (tertiary/aromatic N) is 2. The zero-order valence-corrected chi connectivity index (χ0v) is 26.4. The molecule has 0 aliphatic carbocycles. The van der Waals surface area contributed by atoms with E-state index in [0.29, 0.717) is 0 Å². The van der Waals surface area contributed by atoms with Crippen LogP contribution in [-0.4, -0.2) is 4.57 Å². The Kier molecular flexibility index (Phi) is 6.84. The Hall–Kier alpha value is -6.38. The molecule has 2 nitrogen and oxygen atoms in total. The molecule has 48 heavy (non-hydrogen) atoms. The SMILES string of the molecule is c1ccc(-c2ccc(N(c3ccccc3)c3ccc4cc(-c5ccc(-n6c7ccccc7c7ccccc76)cc5)ccc4c3)cc2)cc1. The van der Waals surface area contributed by atoms with Crippen LogP contribution in [0.4, 0.5) is 17.1 Å². The van der Waals surface area contributed by atoms with Crippen molar-refractivity contribution in [1.29, 1.82) is 0 Å². The minimum absolute atomic E-state index is 1.13. The summed E-state index contributed by atoms with van der Waals surface area (Å²) < 4.78 is 2.37. The molecule has 0 N–H and O–H groups in total. The van der Waals surface area contributed by atoms with Crippen molar-refractivity contribution in [2.24, 2.45) is 0 Å². The van der Waals surface area contributed by atoms with Gasteiger partial charge in [-0.15, -0.1) is 0 Å². The van der Waals surface area contributed by atoms with Crippen molar-refractivity contribution in [3.63, 3.8) is 0 Å². The van der Waals surface area contributed by atoms with Gasteiger partial charge < -0.3 is 9.47 Å². The Morgan fingerprint density at radius 3 is 1.46 bits per heavy atom. The molecule has 0 radical (unpaired) electrons. The molecule has 0 saturated carbocycles. The number of hydrogen-bond donors (Lipinski definition) is 0. The Morgan fingerprint density at radius 1 is 0.312 bits per heavy atom. The second-order valence-electron chi connectivity index (χ2n) is 12.2. The van der Waals surface area contributed by atoms with Gasteiger partial charge in [0, 0.05) is 33.5 Å². The van der Waals surface area contributed by atoms with Crippen LogP contribution in [0.25, 0.3) is 60.5 Å². The molecular formula is C46H32N2. The molecule has 0 atom stereocenters. The highest BCUT2D eigenvalue weighted by Gasteiger charge is 2.14. The van der Waals surface area contributed by atoms with Gasteiger partial charge in [0.15, 0.2) is 0 Å². The van der Waals surface area contributed by atoms with E-state index in [0.717, 1.165) is 17.1 Å². The summed E-state index contributed by atoms with van der Waals surface area (Å²) in [5.74, 6) is 0. The van der Waals surface area contributed by atoms with Gasteiger partial charge in [0.2, 0.25) is 0 Å². The fraction of sp³-hybridized carbons (Fsp3) is 0. The van der Waals surface area contributed by atoms with Crippen LogP contribution in [0.3, 0.4) is 0 Å². The van der Waals surface area contributed by atoms with Gasteiger partial charge in [0.05, 0.1) is 11.0 Å². The number of fused-ring (bicyclic) bond motifs is 4. The van der Waals surface area contributed by atoms with Crippen LogP contribution in [0.5, 0.6) is 0 Å². The second-order valence-corrected chi connectivity index (χ2v) is 12.2. The monoisotopic (exact) mass is 612 g/mol.